The fourth-order valence-electron chi connectivity index (χ4n) is 2.61. The van der Waals surface area contributed by atoms with Gasteiger partial charge in [0, 0.05) is 24.2 Å². The van der Waals surface area contributed by atoms with E-state index >= 15 is 0 Å². The van der Waals surface area contributed by atoms with Crippen LogP contribution in [-0.4, -0.2) is 22.5 Å². The van der Waals surface area contributed by atoms with Gasteiger partial charge in [-0.2, -0.15) is 0 Å². The van der Waals surface area contributed by atoms with Gasteiger partial charge in [-0.3, -0.25) is 0 Å². The summed E-state index contributed by atoms with van der Waals surface area (Å²) < 4.78 is 18.6. The molecule has 0 N–H and O–H groups in total. The molecule has 0 atom stereocenters. The highest BCUT2D eigenvalue weighted by atomic mass is 35.5. The van der Waals surface area contributed by atoms with Crippen LogP contribution in [0.1, 0.15) is 41.5 Å². The summed E-state index contributed by atoms with van der Waals surface area (Å²) in [6.07, 6.45) is 5.46. The van der Waals surface area contributed by atoms with Crippen molar-refractivity contribution in [1.82, 2.24) is 9.97 Å². The zero-order valence-corrected chi connectivity index (χ0v) is 13.4. The van der Waals surface area contributed by atoms with Crippen LogP contribution in [0, 0.1) is 5.82 Å². The normalized spacial score (nSPS) is 15.3. The zero-order chi connectivity index (χ0) is 16.4. The molecule has 1 aromatic heterocycles. The Kier molecular flexibility index (Phi) is 4.31. The van der Waals surface area contributed by atoms with E-state index in [4.69, 9.17) is 16.3 Å². The Balaban J connectivity index is 1.76. The van der Waals surface area contributed by atoms with Crippen LogP contribution in [0.3, 0.4) is 0 Å². The zero-order valence-electron chi connectivity index (χ0n) is 12.7. The van der Waals surface area contributed by atoms with Crippen molar-refractivity contribution in [1.29, 1.82) is 0 Å². The fourth-order valence-corrected chi connectivity index (χ4v) is 2.73. The Labute approximate surface area is 138 Å². The second-order valence-electron chi connectivity index (χ2n) is 5.69. The van der Waals surface area contributed by atoms with E-state index in [1.165, 1.54) is 18.5 Å². The summed E-state index contributed by atoms with van der Waals surface area (Å²) in [5.41, 5.74) is 1.12. The standard InChI is InChI=1S/C17H16ClFN2O2/c1-2-23-16(22)11-9-20-15(21-10-11)8-17(5-6-17)12-3-4-13(18)14(19)7-12/h3-4,7,9-10H,2,5-6,8H2,1H3. The molecular formula is C17H16ClFN2O2. The number of aromatic nitrogens is 2. The molecule has 0 spiro atoms. The van der Waals surface area contributed by atoms with E-state index < -0.39 is 11.8 Å². The van der Waals surface area contributed by atoms with Crippen molar-refractivity contribution in [3.63, 3.8) is 0 Å². The monoisotopic (exact) mass is 334 g/mol. The van der Waals surface area contributed by atoms with Crippen LogP contribution < -0.4 is 0 Å². The Bertz CT molecular complexity index is 730. The molecule has 0 amide bonds. The van der Waals surface area contributed by atoms with Crippen LogP contribution in [0.15, 0.2) is 30.6 Å². The van der Waals surface area contributed by atoms with Crippen molar-refractivity contribution in [2.75, 3.05) is 6.61 Å². The first kappa shape index (κ1) is 15.9. The van der Waals surface area contributed by atoms with Crippen LogP contribution >= 0.6 is 11.6 Å². The lowest BCUT2D eigenvalue weighted by atomic mass is 9.92. The number of hydrogen-bond donors (Lipinski definition) is 0. The largest absolute Gasteiger partial charge is 0.462 e. The Hall–Kier alpha value is -2.01. The number of carbonyl (C=O) groups is 1. The summed E-state index contributed by atoms with van der Waals surface area (Å²) in [4.78, 5) is 20.1. The number of hydrogen-bond acceptors (Lipinski definition) is 4. The van der Waals surface area contributed by atoms with E-state index in [0.29, 0.717) is 24.4 Å². The second kappa shape index (κ2) is 6.24. The van der Waals surface area contributed by atoms with Gasteiger partial charge in [0.15, 0.2) is 0 Å². The predicted octanol–water partition coefficient (Wildman–Crippen LogP) is 3.72. The molecule has 1 aliphatic rings. The highest BCUT2D eigenvalue weighted by Gasteiger charge is 2.45. The topological polar surface area (TPSA) is 52.1 Å². The number of benzene rings is 1. The van der Waals surface area contributed by atoms with Gasteiger partial charge in [0.2, 0.25) is 0 Å². The summed E-state index contributed by atoms with van der Waals surface area (Å²) in [6, 6.07) is 4.92. The molecule has 0 saturated heterocycles. The molecule has 120 valence electrons. The van der Waals surface area contributed by atoms with Crippen molar-refractivity contribution >= 4 is 17.6 Å². The number of ether oxygens (including phenoxy) is 1. The molecule has 1 heterocycles. The van der Waals surface area contributed by atoms with Gasteiger partial charge < -0.3 is 4.74 Å². The Morgan fingerprint density at radius 3 is 2.61 bits per heavy atom. The third-order valence-electron chi connectivity index (χ3n) is 4.10. The van der Waals surface area contributed by atoms with Gasteiger partial charge in [0.05, 0.1) is 17.2 Å². The second-order valence-corrected chi connectivity index (χ2v) is 6.10. The molecule has 1 saturated carbocycles. The molecule has 1 fully saturated rings. The SMILES string of the molecule is CCOC(=O)c1cnc(CC2(c3ccc(Cl)c(F)c3)CC2)nc1. The molecule has 1 aliphatic carbocycles. The van der Waals surface area contributed by atoms with Crippen molar-refractivity contribution in [3.8, 4) is 0 Å². The highest BCUT2D eigenvalue weighted by Crippen LogP contribution is 2.50. The Morgan fingerprint density at radius 1 is 1.35 bits per heavy atom. The van der Waals surface area contributed by atoms with Gasteiger partial charge in [0.25, 0.3) is 0 Å². The first-order valence-electron chi connectivity index (χ1n) is 7.48. The third kappa shape index (κ3) is 3.34. The molecule has 2 aromatic rings. The first-order valence-corrected chi connectivity index (χ1v) is 7.85. The summed E-state index contributed by atoms with van der Waals surface area (Å²) >= 11 is 5.74. The van der Waals surface area contributed by atoms with E-state index in [-0.39, 0.29) is 10.4 Å². The van der Waals surface area contributed by atoms with Gasteiger partial charge in [-0.25, -0.2) is 19.2 Å². The third-order valence-corrected chi connectivity index (χ3v) is 4.41. The quantitative estimate of drug-likeness (QED) is 0.782. The lowest BCUT2D eigenvalue weighted by Crippen LogP contribution is -2.14. The molecule has 0 radical (unpaired) electrons. The highest BCUT2D eigenvalue weighted by molar-refractivity contribution is 6.30. The van der Waals surface area contributed by atoms with Crippen molar-refractivity contribution < 1.29 is 13.9 Å². The van der Waals surface area contributed by atoms with Crippen LogP contribution in [0.25, 0.3) is 0 Å². The van der Waals surface area contributed by atoms with Crippen molar-refractivity contribution in [2.45, 2.75) is 31.6 Å². The van der Waals surface area contributed by atoms with E-state index in [1.54, 1.807) is 13.0 Å². The minimum Gasteiger partial charge on any atom is -0.462 e. The van der Waals surface area contributed by atoms with Crippen LogP contribution in [0.5, 0.6) is 0 Å². The lowest BCUT2D eigenvalue weighted by molar-refractivity contribution is 0.0525. The summed E-state index contributed by atoms with van der Waals surface area (Å²) in [6.45, 7) is 2.06. The molecular weight excluding hydrogens is 319 g/mol. The van der Waals surface area contributed by atoms with E-state index in [0.717, 1.165) is 18.4 Å². The average Bonchev–Trinajstić information content (AvgIpc) is 3.31. The number of rotatable bonds is 5. The minimum atomic E-state index is -0.431. The summed E-state index contributed by atoms with van der Waals surface area (Å²) in [5.74, 6) is -0.208. The van der Waals surface area contributed by atoms with E-state index in [9.17, 15) is 9.18 Å². The maximum atomic E-state index is 13.7. The molecule has 23 heavy (non-hydrogen) atoms. The summed E-state index contributed by atoms with van der Waals surface area (Å²) in [7, 11) is 0. The summed E-state index contributed by atoms with van der Waals surface area (Å²) in [5, 5.41) is 0.125. The van der Waals surface area contributed by atoms with Crippen LogP contribution in [0.4, 0.5) is 4.39 Å². The number of carbonyl (C=O) groups excluding carboxylic acids is 1. The van der Waals surface area contributed by atoms with Crippen molar-refractivity contribution in [3.05, 3.63) is 58.4 Å². The number of halogens is 2. The van der Waals surface area contributed by atoms with E-state index in [1.807, 2.05) is 6.07 Å². The Morgan fingerprint density at radius 2 is 2.04 bits per heavy atom. The fraction of sp³-hybridized carbons (Fsp3) is 0.353. The lowest BCUT2D eigenvalue weighted by Gasteiger charge is -2.15. The van der Waals surface area contributed by atoms with Gasteiger partial charge in [-0.1, -0.05) is 17.7 Å². The minimum absolute atomic E-state index is 0.125. The maximum Gasteiger partial charge on any atom is 0.341 e. The van der Waals surface area contributed by atoms with Gasteiger partial charge in [-0.15, -0.1) is 0 Å². The van der Waals surface area contributed by atoms with Gasteiger partial charge in [-0.05, 0) is 37.5 Å². The average molecular weight is 335 g/mol. The van der Waals surface area contributed by atoms with Gasteiger partial charge in [0.1, 0.15) is 11.6 Å². The maximum absolute atomic E-state index is 13.7. The van der Waals surface area contributed by atoms with Crippen LogP contribution in [-0.2, 0) is 16.6 Å². The smallest absolute Gasteiger partial charge is 0.341 e. The molecule has 3 rings (SSSR count). The predicted molar refractivity (Wildman–Crippen MR) is 84.0 cm³/mol. The molecule has 0 unspecified atom stereocenters. The molecule has 6 heteroatoms. The number of esters is 1. The molecule has 1 aromatic carbocycles. The van der Waals surface area contributed by atoms with Gasteiger partial charge >= 0.3 is 5.97 Å². The van der Waals surface area contributed by atoms with E-state index in [2.05, 4.69) is 9.97 Å². The first-order chi connectivity index (χ1) is 11.0. The molecule has 4 nitrogen and oxygen atoms in total. The van der Waals surface area contributed by atoms with Crippen molar-refractivity contribution in [2.24, 2.45) is 0 Å². The molecule has 0 aliphatic heterocycles. The van der Waals surface area contributed by atoms with Crippen LogP contribution in [0.2, 0.25) is 5.02 Å². The number of nitrogens with zero attached hydrogens (tertiary/aromatic N) is 2. The molecule has 0 bridgehead atoms.